The van der Waals surface area contributed by atoms with Gasteiger partial charge in [-0.15, -0.1) is 6.58 Å². The summed E-state index contributed by atoms with van der Waals surface area (Å²) < 4.78 is 1.72. The summed E-state index contributed by atoms with van der Waals surface area (Å²) in [7, 11) is 3.98. The zero-order chi connectivity index (χ0) is 27.4. The first-order chi connectivity index (χ1) is 18.3. The lowest BCUT2D eigenvalue weighted by atomic mass is 9.72. The van der Waals surface area contributed by atoms with Gasteiger partial charge in [-0.25, -0.2) is 9.59 Å². The molecule has 38 heavy (non-hydrogen) atoms. The van der Waals surface area contributed by atoms with Crippen molar-refractivity contribution in [3.63, 3.8) is 0 Å². The van der Waals surface area contributed by atoms with Crippen molar-refractivity contribution >= 4 is 28.9 Å². The van der Waals surface area contributed by atoms with Crippen molar-refractivity contribution in [1.29, 1.82) is 0 Å². The highest BCUT2D eigenvalue weighted by atomic mass is 16.2. The van der Waals surface area contributed by atoms with E-state index in [4.69, 9.17) is 0 Å². The maximum absolute atomic E-state index is 13.9. The van der Waals surface area contributed by atoms with Gasteiger partial charge in [0.2, 0.25) is 5.91 Å². The van der Waals surface area contributed by atoms with Crippen molar-refractivity contribution < 1.29 is 14.4 Å². The number of carbonyl (C=O) groups is 3. The predicted molar refractivity (Wildman–Crippen MR) is 150 cm³/mol. The largest absolute Gasteiger partial charge is 0.338 e. The molecule has 1 aliphatic heterocycles. The number of hydrogen-bond acceptors (Lipinski definition) is 5. The molecule has 0 saturated carbocycles. The Morgan fingerprint density at radius 2 is 1.89 bits per heavy atom. The topological polar surface area (TPSA) is 89.9 Å². The van der Waals surface area contributed by atoms with Gasteiger partial charge in [0.25, 0.3) is 0 Å². The number of imide groups is 1. The fourth-order valence-electron chi connectivity index (χ4n) is 6.19. The Hall–Kier alpha value is -3.17. The highest BCUT2D eigenvalue weighted by molar-refractivity contribution is 5.97. The van der Waals surface area contributed by atoms with Crippen LogP contribution in [-0.4, -0.2) is 96.6 Å². The molecular formula is C29H42N6O3. The molecule has 206 valence electrons. The van der Waals surface area contributed by atoms with Crippen molar-refractivity contribution in [2.24, 2.45) is 5.92 Å². The molecule has 1 saturated heterocycles. The minimum Gasteiger partial charge on any atom is -0.338 e. The van der Waals surface area contributed by atoms with E-state index in [1.54, 1.807) is 4.57 Å². The van der Waals surface area contributed by atoms with Crippen LogP contribution in [0.25, 0.3) is 10.9 Å². The fraction of sp³-hybridized carbons (Fsp3) is 0.552. The van der Waals surface area contributed by atoms with Crippen LogP contribution in [0.2, 0.25) is 0 Å². The summed E-state index contributed by atoms with van der Waals surface area (Å²) in [4.78, 5) is 45.5. The molecule has 1 fully saturated rings. The maximum atomic E-state index is 13.9. The van der Waals surface area contributed by atoms with Gasteiger partial charge < -0.3 is 15.5 Å². The number of nitrogens with zero attached hydrogens (tertiary/aromatic N) is 4. The van der Waals surface area contributed by atoms with Gasteiger partial charge in [-0.3, -0.25) is 19.2 Å². The van der Waals surface area contributed by atoms with Crippen LogP contribution in [-0.2, 0) is 11.2 Å². The monoisotopic (exact) mass is 522 g/mol. The van der Waals surface area contributed by atoms with Gasteiger partial charge in [0.05, 0.1) is 11.4 Å². The standard InChI is InChI=1S/C29H42N6O3/c1-6-13-33-18-21(27(36)34(28(37)30-7-2)15-10-14-32(4)5)16-23-22-11-9-12-24-26(22)20(17-25(23)33)19-35(24)29(38)31-8-3/h6,9,11-12,19,21,23,25H,1,7-8,10,13-18H2,2-5H3,(H,30,37)(H,31,38)/t21-,23-,25-/m1/s1. The second kappa shape index (κ2) is 12.1. The van der Waals surface area contributed by atoms with Gasteiger partial charge in [-0.05, 0) is 70.9 Å². The van der Waals surface area contributed by atoms with Gasteiger partial charge in [-0.1, -0.05) is 18.2 Å². The Morgan fingerprint density at radius 3 is 2.58 bits per heavy atom. The van der Waals surface area contributed by atoms with Gasteiger partial charge in [0, 0.05) is 56.3 Å². The predicted octanol–water partition coefficient (Wildman–Crippen LogP) is 3.24. The Morgan fingerprint density at radius 1 is 1.13 bits per heavy atom. The minimum atomic E-state index is -0.319. The molecule has 3 atom stereocenters. The number of carbonyl (C=O) groups excluding carboxylic acids is 3. The molecule has 1 aliphatic carbocycles. The molecule has 4 amide bonds. The number of aromatic nitrogens is 1. The number of nitrogens with one attached hydrogen (secondary N) is 2. The van der Waals surface area contributed by atoms with Crippen LogP contribution in [0.15, 0.2) is 37.1 Å². The lowest BCUT2D eigenvalue weighted by Crippen LogP contribution is -2.55. The molecule has 0 unspecified atom stereocenters. The zero-order valence-electron chi connectivity index (χ0n) is 23.2. The lowest BCUT2D eigenvalue weighted by Gasteiger charge is -2.47. The van der Waals surface area contributed by atoms with E-state index in [1.807, 2.05) is 52.3 Å². The molecule has 0 radical (unpaired) electrons. The highest BCUT2D eigenvalue weighted by Crippen LogP contribution is 2.45. The fourth-order valence-corrected chi connectivity index (χ4v) is 6.19. The number of urea groups is 1. The summed E-state index contributed by atoms with van der Waals surface area (Å²) in [5.74, 6) is -0.294. The number of hydrogen-bond donors (Lipinski definition) is 2. The summed E-state index contributed by atoms with van der Waals surface area (Å²) in [6, 6.07) is 5.89. The Kier molecular flexibility index (Phi) is 8.89. The number of fused-ring (bicyclic) bond motifs is 2. The van der Waals surface area contributed by atoms with E-state index in [9.17, 15) is 14.4 Å². The third-order valence-corrected chi connectivity index (χ3v) is 7.78. The van der Waals surface area contributed by atoms with Crippen LogP contribution in [0.5, 0.6) is 0 Å². The van der Waals surface area contributed by atoms with Crippen molar-refractivity contribution in [2.45, 2.75) is 45.1 Å². The van der Waals surface area contributed by atoms with Gasteiger partial charge >= 0.3 is 12.1 Å². The second-order valence-corrected chi connectivity index (χ2v) is 10.6. The quantitative estimate of drug-likeness (QED) is 0.494. The third-order valence-electron chi connectivity index (χ3n) is 7.78. The average Bonchev–Trinajstić information content (AvgIpc) is 3.26. The molecule has 4 rings (SSSR count). The van der Waals surface area contributed by atoms with E-state index in [-0.39, 0.29) is 35.8 Å². The van der Waals surface area contributed by atoms with Gasteiger partial charge in [0.15, 0.2) is 0 Å². The highest BCUT2D eigenvalue weighted by Gasteiger charge is 2.44. The molecule has 1 aromatic heterocycles. The molecule has 2 aromatic rings. The first kappa shape index (κ1) is 27.9. The van der Waals surface area contributed by atoms with Crippen LogP contribution < -0.4 is 10.6 Å². The molecule has 2 heterocycles. The number of amides is 4. The van der Waals surface area contributed by atoms with Crippen LogP contribution in [0.1, 0.15) is 43.7 Å². The number of benzene rings is 1. The molecule has 1 aromatic carbocycles. The number of rotatable bonds is 9. The van der Waals surface area contributed by atoms with Crippen LogP contribution in [0.3, 0.4) is 0 Å². The summed E-state index contributed by atoms with van der Waals surface area (Å²) >= 11 is 0. The second-order valence-electron chi connectivity index (χ2n) is 10.6. The maximum Gasteiger partial charge on any atom is 0.326 e. The van der Waals surface area contributed by atoms with Crippen molar-refractivity contribution in [1.82, 2.24) is 29.9 Å². The Bertz CT molecular complexity index is 1190. The van der Waals surface area contributed by atoms with Gasteiger partial charge in [-0.2, -0.15) is 0 Å². The van der Waals surface area contributed by atoms with E-state index < -0.39 is 0 Å². The molecule has 0 spiro atoms. The van der Waals surface area contributed by atoms with Crippen molar-refractivity contribution in [3.05, 3.63) is 48.2 Å². The minimum absolute atomic E-state index is 0.111. The van der Waals surface area contributed by atoms with E-state index in [2.05, 4.69) is 33.1 Å². The SMILES string of the molecule is C=CCN1C[C@H](C(=O)N(CCCN(C)C)C(=O)NCC)C[C@@H]2c3cccc4c3c(cn4C(=O)NCC)C[C@H]21. The van der Waals surface area contributed by atoms with Gasteiger partial charge in [0.1, 0.15) is 0 Å². The molecular weight excluding hydrogens is 480 g/mol. The van der Waals surface area contributed by atoms with E-state index in [1.165, 1.54) is 10.5 Å². The van der Waals surface area contributed by atoms with Crippen molar-refractivity contribution in [3.8, 4) is 0 Å². The molecule has 2 aliphatic rings. The molecule has 9 nitrogen and oxygen atoms in total. The lowest BCUT2D eigenvalue weighted by molar-refractivity contribution is -0.135. The normalized spacial score (nSPS) is 20.7. The number of piperidine rings is 1. The zero-order valence-corrected chi connectivity index (χ0v) is 23.2. The molecule has 9 heteroatoms. The van der Waals surface area contributed by atoms with Crippen LogP contribution in [0, 0.1) is 5.92 Å². The average molecular weight is 523 g/mol. The number of likely N-dealkylation sites (tertiary alicyclic amines) is 1. The third kappa shape index (κ3) is 5.49. The van der Waals surface area contributed by atoms with E-state index in [0.717, 1.165) is 35.9 Å². The Balaban J connectivity index is 1.67. The smallest absolute Gasteiger partial charge is 0.326 e. The summed E-state index contributed by atoms with van der Waals surface area (Å²) in [5.41, 5.74) is 3.24. The van der Waals surface area contributed by atoms with Crippen LogP contribution in [0.4, 0.5) is 9.59 Å². The van der Waals surface area contributed by atoms with E-state index >= 15 is 0 Å². The summed E-state index contributed by atoms with van der Waals surface area (Å²) in [6.07, 6.45) is 6.06. The summed E-state index contributed by atoms with van der Waals surface area (Å²) in [5, 5.41) is 6.87. The van der Waals surface area contributed by atoms with Crippen molar-refractivity contribution in [2.75, 3.05) is 53.4 Å². The first-order valence-corrected chi connectivity index (χ1v) is 13.8. The van der Waals surface area contributed by atoms with E-state index in [0.29, 0.717) is 39.1 Å². The Labute approximate surface area is 225 Å². The molecule has 0 bridgehead atoms. The summed E-state index contributed by atoms with van der Waals surface area (Å²) in [6.45, 7) is 11.2. The molecule has 2 N–H and O–H groups in total. The first-order valence-electron chi connectivity index (χ1n) is 13.8. The van der Waals surface area contributed by atoms with Crippen LogP contribution >= 0.6 is 0 Å².